The molecule has 3 rings (SSSR count). The number of rotatable bonds is 5. The molecule has 0 atom stereocenters. The van der Waals surface area contributed by atoms with Crippen molar-refractivity contribution < 1.29 is 28.8 Å². The van der Waals surface area contributed by atoms with Gasteiger partial charge in [-0.3, -0.25) is 0 Å². The molecule has 6 heteroatoms. The van der Waals surface area contributed by atoms with Crippen molar-refractivity contribution in [2.45, 2.75) is 0 Å². The highest BCUT2D eigenvalue weighted by atomic mass is 16.7. The van der Waals surface area contributed by atoms with Gasteiger partial charge < -0.3 is 28.8 Å². The minimum absolute atomic E-state index is 0.0944. The van der Waals surface area contributed by atoms with Gasteiger partial charge in [-0.2, -0.15) is 0 Å². The van der Waals surface area contributed by atoms with Crippen LogP contribution in [0, 0.1) is 0 Å². The fraction of sp³-hybridized carbons (Fsp3) is 0.222. The zero-order valence-corrected chi connectivity index (χ0v) is 13.7. The number of hydrogen-bond donors (Lipinski definition) is 1. The standard InChI is InChI=1S/C18H18O6/c1-20-14-8-11(5-7-13(14)19)4-6-12-9-15(21-2)17-18(16(12)22-3)24-10-23-17/h4-9,19H,10H2,1-3H3/b6-4-. The Balaban J connectivity index is 2.00. The van der Waals surface area contributed by atoms with Crippen molar-refractivity contribution in [3.8, 4) is 34.5 Å². The van der Waals surface area contributed by atoms with Crippen LogP contribution in [0.5, 0.6) is 34.5 Å². The molecule has 0 unspecified atom stereocenters. The minimum atomic E-state index is 0.0944. The van der Waals surface area contributed by atoms with Crippen molar-refractivity contribution in [1.29, 1.82) is 0 Å². The Morgan fingerprint density at radius 3 is 2.38 bits per heavy atom. The van der Waals surface area contributed by atoms with Gasteiger partial charge in [-0.1, -0.05) is 18.2 Å². The fourth-order valence-electron chi connectivity index (χ4n) is 2.50. The van der Waals surface area contributed by atoms with Gasteiger partial charge in [-0.25, -0.2) is 0 Å². The average molecular weight is 330 g/mol. The van der Waals surface area contributed by atoms with Gasteiger partial charge in [0.15, 0.2) is 23.0 Å². The van der Waals surface area contributed by atoms with E-state index >= 15 is 0 Å². The molecule has 1 N–H and O–H groups in total. The van der Waals surface area contributed by atoms with Crippen LogP contribution in [-0.4, -0.2) is 33.2 Å². The van der Waals surface area contributed by atoms with E-state index in [-0.39, 0.29) is 12.5 Å². The molecule has 1 aliphatic heterocycles. The number of phenolic OH excluding ortho intramolecular Hbond substituents is 1. The van der Waals surface area contributed by atoms with Crippen LogP contribution in [0.3, 0.4) is 0 Å². The highest BCUT2D eigenvalue weighted by Gasteiger charge is 2.26. The summed E-state index contributed by atoms with van der Waals surface area (Å²) in [6.45, 7) is 0.129. The van der Waals surface area contributed by atoms with Crippen LogP contribution in [0.4, 0.5) is 0 Å². The number of benzene rings is 2. The van der Waals surface area contributed by atoms with E-state index in [0.29, 0.717) is 28.7 Å². The number of hydrogen-bond acceptors (Lipinski definition) is 6. The number of fused-ring (bicyclic) bond motifs is 1. The summed E-state index contributed by atoms with van der Waals surface area (Å²) in [5, 5.41) is 9.66. The van der Waals surface area contributed by atoms with Gasteiger partial charge in [-0.15, -0.1) is 0 Å². The third kappa shape index (κ3) is 2.78. The normalized spacial score (nSPS) is 12.5. The Morgan fingerprint density at radius 1 is 0.917 bits per heavy atom. The van der Waals surface area contributed by atoms with E-state index < -0.39 is 0 Å². The largest absolute Gasteiger partial charge is 0.504 e. The van der Waals surface area contributed by atoms with Gasteiger partial charge in [0.25, 0.3) is 0 Å². The molecule has 6 nitrogen and oxygen atoms in total. The van der Waals surface area contributed by atoms with Crippen LogP contribution in [-0.2, 0) is 0 Å². The molecule has 0 saturated heterocycles. The van der Waals surface area contributed by atoms with Crippen molar-refractivity contribution >= 4 is 12.2 Å². The van der Waals surface area contributed by atoms with E-state index in [0.717, 1.165) is 11.1 Å². The molecule has 0 bridgehead atoms. The summed E-state index contributed by atoms with van der Waals surface area (Å²) in [5.74, 6) is 2.72. The first-order valence-corrected chi connectivity index (χ1v) is 7.27. The van der Waals surface area contributed by atoms with Crippen LogP contribution in [0.2, 0.25) is 0 Å². The molecule has 1 aliphatic rings. The van der Waals surface area contributed by atoms with Gasteiger partial charge in [0.1, 0.15) is 0 Å². The molecule has 0 radical (unpaired) electrons. The lowest BCUT2D eigenvalue weighted by atomic mass is 10.1. The van der Waals surface area contributed by atoms with E-state index in [4.69, 9.17) is 23.7 Å². The molecule has 2 aromatic carbocycles. The Kier molecular flexibility index (Phi) is 4.37. The lowest BCUT2D eigenvalue weighted by Crippen LogP contribution is -1.94. The van der Waals surface area contributed by atoms with Crippen LogP contribution in [0.15, 0.2) is 24.3 Å². The predicted octanol–water partition coefficient (Wildman–Crippen LogP) is 3.32. The number of methoxy groups -OCH3 is 3. The maximum atomic E-state index is 9.66. The zero-order chi connectivity index (χ0) is 17.1. The maximum Gasteiger partial charge on any atom is 0.231 e. The van der Waals surface area contributed by atoms with E-state index in [1.54, 1.807) is 32.4 Å². The van der Waals surface area contributed by atoms with Gasteiger partial charge in [0.05, 0.1) is 21.3 Å². The summed E-state index contributed by atoms with van der Waals surface area (Å²) >= 11 is 0. The number of aromatic hydroxyl groups is 1. The summed E-state index contributed by atoms with van der Waals surface area (Å²) in [6.07, 6.45) is 3.75. The Bertz CT molecular complexity index is 782. The molecule has 126 valence electrons. The molecule has 24 heavy (non-hydrogen) atoms. The Hall–Kier alpha value is -3.02. The average Bonchev–Trinajstić information content (AvgIpc) is 3.09. The molecule has 0 fully saturated rings. The summed E-state index contributed by atoms with van der Waals surface area (Å²) in [7, 11) is 4.65. The second-order valence-corrected chi connectivity index (χ2v) is 5.03. The van der Waals surface area contributed by atoms with Crippen LogP contribution in [0.25, 0.3) is 12.2 Å². The SMILES string of the molecule is COc1cc(/C=C\c2cc(OC)c3c(c2OC)OCO3)ccc1O. The van der Waals surface area contributed by atoms with Crippen molar-refractivity contribution in [2.75, 3.05) is 28.1 Å². The van der Waals surface area contributed by atoms with Gasteiger partial charge in [0, 0.05) is 5.56 Å². The Labute approximate surface area is 139 Å². The lowest BCUT2D eigenvalue weighted by molar-refractivity contribution is 0.168. The van der Waals surface area contributed by atoms with Crippen LogP contribution < -0.4 is 23.7 Å². The molecule has 0 aromatic heterocycles. The first-order valence-electron chi connectivity index (χ1n) is 7.27. The highest BCUT2D eigenvalue weighted by molar-refractivity contribution is 5.78. The maximum absolute atomic E-state index is 9.66. The smallest absolute Gasteiger partial charge is 0.231 e. The van der Waals surface area contributed by atoms with Crippen molar-refractivity contribution in [2.24, 2.45) is 0 Å². The third-order valence-corrected chi connectivity index (χ3v) is 3.67. The van der Waals surface area contributed by atoms with Gasteiger partial charge in [-0.05, 0) is 23.8 Å². The van der Waals surface area contributed by atoms with E-state index in [1.807, 2.05) is 18.2 Å². The second kappa shape index (κ2) is 6.62. The van der Waals surface area contributed by atoms with E-state index in [2.05, 4.69) is 0 Å². The Morgan fingerprint density at radius 2 is 1.67 bits per heavy atom. The van der Waals surface area contributed by atoms with E-state index in [9.17, 15) is 5.11 Å². The molecular weight excluding hydrogens is 312 g/mol. The first-order chi connectivity index (χ1) is 11.7. The predicted molar refractivity (Wildman–Crippen MR) is 89.3 cm³/mol. The highest BCUT2D eigenvalue weighted by Crippen LogP contribution is 2.49. The van der Waals surface area contributed by atoms with Gasteiger partial charge in [0.2, 0.25) is 18.3 Å². The second-order valence-electron chi connectivity index (χ2n) is 5.03. The lowest BCUT2D eigenvalue weighted by Gasteiger charge is -2.11. The zero-order valence-electron chi connectivity index (χ0n) is 13.7. The minimum Gasteiger partial charge on any atom is -0.504 e. The molecule has 0 spiro atoms. The fourth-order valence-corrected chi connectivity index (χ4v) is 2.50. The molecule has 1 heterocycles. The summed E-state index contributed by atoms with van der Waals surface area (Å²) < 4.78 is 26.9. The molecule has 0 saturated carbocycles. The summed E-state index contributed by atoms with van der Waals surface area (Å²) in [6, 6.07) is 6.92. The number of phenols is 1. The van der Waals surface area contributed by atoms with E-state index in [1.165, 1.54) is 7.11 Å². The van der Waals surface area contributed by atoms with Crippen LogP contribution >= 0.6 is 0 Å². The quantitative estimate of drug-likeness (QED) is 0.849. The monoisotopic (exact) mass is 330 g/mol. The number of ether oxygens (including phenoxy) is 5. The molecule has 0 aliphatic carbocycles. The molecule has 2 aromatic rings. The molecule has 0 amide bonds. The molecular formula is C18H18O6. The van der Waals surface area contributed by atoms with Crippen molar-refractivity contribution in [3.63, 3.8) is 0 Å². The van der Waals surface area contributed by atoms with Gasteiger partial charge >= 0.3 is 0 Å². The first kappa shape index (κ1) is 15.9. The summed E-state index contributed by atoms with van der Waals surface area (Å²) in [5.41, 5.74) is 1.65. The van der Waals surface area contributed by atoms with Crippen molar-refractivity contribution in [3.05, 3.63) is 35.4 Å². The van der Waals surface area contributed by atoms with Crippen LogP contribution in [0.1, 0.15) is 11.1 Å². The topological polar surface area (TPSA) is 66.4 Å². The summed E-state index contributed by atoms with van der Waals surface area (Å²) in [4.78, 5) is 0. The third-order valence-electron chi connectivity index (χ3n) is 3.67. The van der Waals surface area contributed by atoms with Crippen molar-refractivity contribution in [1.82, 2.24) is 0 Å².